The van der Waals surface area contributed by atoms with Crippen molar-refractivity contribution in [1.82, 2.24) is 0 Å². The number of methoxy groups -OCH3 is 1. The summed E-state index contributed by atoms with van der Waals surface area (Å²) in [5.41, 5.74) is 1.58. The third kappa shape index (κ3) is 3.17. The second kappa shape index (κ2) is 6.05. The van der Waals surface area contributed by atoms with E-state index in [0.29, 0.717) is 11.4 Å². The third-order valence-electron chi connectivity index (χ3n) is 2.84. The quantitative estimate of drug-likeness (QED) is 0.913. The number of carbonyl (C=O) groups excluding carboxylic acids is 1. The van der Waals surface area contributed by atoms with Gasteiger partial charge in [0.25, 0.3) is 5.91 Å². The van der Waals surface area contributed by atoms with E-state index in [4.69, 9.17) is 4.74 Å². The molecule has 0 spiro atoms. The van der Waals surface area contributed by atoms with E-state index in [1.165, 1.54) is 19.2 Å². The highest BCUT2D eigenvalue weighted by Crippen LogP contribution is 2.21. The number of anilines is 1. The van der Waals surface area contributed by atoms with Crippen molar-refractivity contribution < 1.29 is 13.9 Å². The lowest BCUT2D eigenvalue weighted by molar-refractivity contribution is 0.102. The molecular formula is C15H13BrFNO2. The predicted molar refractivity (Wildman–Crippen MR) is 79.8 cm³/mol. The van der Waals surface area contributed by atoms with E-state index in [1.807, 2.05) is 19.1 Å². The van der Waals surface area contributed by atoms with Gasteiger partial charge < -0.3 is 10.1 Å². The van der Waals surface area contributed by atoms with Crippen LogP contribution in [-0.2, 0) is 0 Å². The van der Waals surface area contributed by atoms with E-state index in [0.717, 1.165) is 10.0 Å². The molecule has 1 N–H and O–H groups in total. The first kappa shape index (κ1) is 14.5. The van der Waals surface area contributed by atoms with Crippen molar-refractivity contribution in [1.29, 1.82) is 0 Å². The lowest BCUT2D eigenvalue weighted by Crippen LogP contribution is -2.13. The largest absolute Gasteiger partial charge is 0.497 e. The first-order chi connectivity index (χ1) is 9.51. The molecule has 0 aliphatic carbocycles. The van der Waals surface area contributed by atoms with Crippen LogP contribution in [0.25, 0.3) is 0 Å². The minimum atomic E-state index is -0.615. The Morgan fingerprint density at radius 3 is 2.60 bits per heavy atom. The molecule has 0 fully saturated rings. The summed E-state index contributed by atoms with van der Waals surface area (Å²) < 4.78 is 19.6. The van der Waals surface area contributed by atoms with Gasteiger partial charge in [0.1, 0.15) is 11.6 Å². The summed E-state index contributed by atoms with van der Waals surface area (Å²) in [6, 6.07) is 9.51. The number of carbonyl (C=O) groups is 1. The molecule has 0 atom stereocenters. The molecule has 0 unspecified atom stereocenters. The lowest BCUT2D eigenvalue weighted by atomic mass is 10.1. The van der Waals surface area contributed by atoms with Gasteiger partial charge in [-0.3, -0.25) is 4.79 Å². The van der Waals surface area contributed by atoms with Gasteiger partial charge in [0, 0.05) is 16.2 Å². The maximum atomic E-state index is 13.8. The normalized spacial score (nSPS) is 10.2. The number of hydrogen-bond acceptors (Lipinski definition) is 2. The summed E-state index contributed by atoms with van der Waals surface area (Å²) in [6.45, 7) is 1.91. The number of ether oxygens (including phenoxy) is 1. The Morgan fingerprint density at radius 2 is 2.00 bits per heavy atom. The molecule has 1 amide bonds. The van der Waals surface area contributed by atoms with E-state index in [1.54, 1.807) is 12.1 Å². The summed E-state index contributed by atoms with van der Waals surface area (Å²) in [6.07, 6.45) is 0. The Hall–Kier alpha value is -1.88. The van der Waals surface area contributed by atoms with E-state index >= 15 is 0 Å². The van der Waals surface area contributed by atoms with Crippen LogP contribution < -0.4 is 10.1 Å². The zero-order valence-corrected chi connectivity index (χ0v) is 12.6. The van der Waals surface area contributed by atoms with E-state index in [-0.39, 0.29) is 5.56 Å². The predicted octanol–water partition coefficient (Wildman–Crippen LogP) is 4.16. The highest BCUT2D eigenvalue weighted by Gasteiger charge is 2.13. The molecule has 3 nitrogen and oxygen atoms in total. The molecule has 0 aromatic heterocycles. The number of halogens is 2. The van der Waals surface area contributed by atoms with Gasteiger partial charge in [-0.1, -0.05) is 15.9 Å². The fourth-order valence-electron chi connectivity index (χ4n) is 1.73. The molecular weight excluding hydrogens is 325 g/mol. The van der Waals surface area contributed by atoms with Gasteiger partial charge in [-0.2, -0.15) is 0 Å². The van der Waals surface area contributed by atoms with Crippen molar-refractivity contribution >= 4 is 27.5 Å². The van der Waals surface area contributed by atoms with Crippen LogP contribution >= 0.6 is 15.9 Å². The molecule has 0 aliphatic heterocycles. The number of rotatable bonds is 3. The number of aryl methyl sites for hydroxylation is 1. The second-order valence-corrected chi connectivity index (χ2v) is 5.12. The first-order valence-corrected chi connectivity index (χ1v) is 6.71. The molecule has 20 heavy (non-hydrogen) atoms. The van der Waals surface area contributed by atoms with Crippen LogP contribution in [0.15, 0.2) is 40.9 Å². The molecule has 0 radical (unpaired) electrons. The number of amides is 1. The Balaban J connectivity index is 2.21. The Labute approximate surface area is 124 Å². The minimum absolute atomic E-state index is 0.0219. The van der Waals surface area contributed by atoms with Crippen molar-refractivity contribution in [3.05, 3.63) is 57.8 Å². The maximum absolute atomic E-state index is 13.8. The van der Waals surface area contributed by atoms with E-state index in [2.05, 4.69) is 21.2 Å². The van der Waals surface area contributed by atoms with Crippen LogP contribution in [-0.4, -0.2) is 13.0 Å². The SMILES string of the molecule is COc1ccc(C(=O)Nc2ccc(Br)c(C)c2)c(F)c1. The van der Waals surface area contributed by atoms with Crippen molar-refractivity contribution in [2.75, 3.05) is 12.4 Å². The molecule has 0 aliphatic rings. The fourth-order valence-corrected chi connectivity index (χ4v) is 1.97. The zero-order valence-electron chi connectivity index (χ0n) is 11.0. The average Bonchev–Trinajstić information content (AvgIpc) is 2.42. The summed E-state index contributed by atoms with van der Waals surface area (Å²) in [4.78, 5) is 12.0. The highest BCUT2D eigenvalue weighted by atomic mass is 79.9. The minimum Gasteiger partial charge on any atom is -0.497 e. The van der Waals surface area contributed by atoms with Crippen LogP contribution in [0.1, 0.15) is 15.9 Å². The van der Waals surface area contributed by atoms with Crippen LogP contribution in [0.4, 0.5) is 10.1 Å². The lowest BCUT2D eigenvalue weighted by Gasteiger charge is -2.08. The Bertz CT molecular complexity index is 658. The molecule has 0 bridgehead atoms. The molecule has 0 saturated heterocycles. The van der Waals surface area contributed by atoms with Gasteiger partial charge in [0.05, 0.1) is 12.7 Å². The monoisotopic (exact) mass is 337 g/mol. The smallest absolute Gasteiger partial charge is 0.258 e. The number of nitrogens with one attached hydrogen (secondary N) is 1. The molecule has 2 aromatic rings. The summed E-state index contributed by atoms with van der Waals surface area (Å²) in [5.74, 6) is -0.735. The Kier molecular flexibility index (Phi) is 4.39. The molecule has 2 rings (SSSR count). The highest BCUT2D eigenvalue weighted by molar-refractivity contribution is 9.10. The zero-order chi connectivity index (χ0) is 14.7. The summed E-state index contributed by atoms with van der Waals surface area (Å²) in [7, 11) is 1.44. The molecule has 0 heterocycles. The molecule has 0 saturated carbocycles. The van der Waals surface area contributed by atoms with Crippen LogP contribution in [0.5, 0.6) is 5.75 Å². The molecule has 104 valence electrons. The standard InChI is InChI=1S/C15H13BrFNO2/c1-9-7-10(3-6-13(9)16)18-15(19)12-5-4-11(20-2)8-14(12)17/h3-8H,1-2H3,(H,18,19). The van der Waals surface area contributed by atoms with Crippen molar-refractivity contribution in [3.63, 3.8) is 0 Å². The third-order valence-corrected chi connectivity index (χ3v) is 3.73. The van der Waals surface area contributed by atoms with Crippen LogP contribution in [0.3, 0.4) is 0 Å². The number of benzene rings is 2. The number of hydrogen-bond donors (Lipinski definition) is 1. The van der Waals surface area contributed by atoms with Gasteiger partial charge in [-0.15, -0.1) is 0 Å². The van der Waals surface area contributed by atoms with Crippen LogP contribution in [0.2, 0.25) is 0 Å². The van der Waals surface area contributed by atoms with Gasteiger partial charge in [0.2, 0.25) is 0 Å². The van der Waals surface area contributed by atoms with Crippen LogP contribution in [0, 0.1) is 12.7 Å². The molecule has 2 aromatic carbocycles. The van der Waals surface area contributed by atoms with Gasteiger partial charge in [0.15, 0.2) is 0 Å². The summed E-state index contributed by atoms with van der Waals surface area (Å²) in [5, 5.41) is 2.66. The summed E-state index contributed by atoms with van der Waals surface area (Å²) >= 11 is 3.38. The van der Waals surface area contributed by atoms with Gasteiger partial charge in [-0.25, -0.2) is 4.39 Å². The van der Waals surface area contributed by atoms with Gasteiger partial charge >= 0.3 is 0 Å². The first-order valence-electron chi connectivity index (χ1n) is 5.92. The fraction of sp³-hybridized carbons (Fsp3) is 0.133. The maximum Gasteiger partial charge on any atom is 0.258 e. The van der Waals surface area contributed by atoms with Crippen molar-refractivity contribution in [2.24, 2.45) is 0 Å². The van der Waals surface area contributed by atoms with Crippen molar-refractivity contribution in [3.8, 4) is 5.75 Å². The van der Waals surface area contributed by atoms with Crippen molar-refractivity contribution in [2.45, 2.75) is 6.92 Å². The topological polar surface area (TPSA) is 38.3 Å². The second-order valence-electron chi connectivity index (χ2n) is 4.26. The van der Waals surface area contributed by atoms with E-state index < -0.39 is 11.7 Å². The van der Waals surface area contributed by atoms with Gasteiger partial charge in [-0.05, 0) is 42.8 Å². The molecule has 5 heteroatoms. The van der Waals surface area contributed by atoms with E-state index in [9.17, 15) is 9.18 Å². The average molecular weight is 338 g/mol. The Morgan fingerprint density at radius 1 is 1.25 bits per heavy atom.